The van der Waals surface area contributed by atoms with Gasteiger partial charge in [0.15, 0.2) is 16.6 Å². The highest BCUT2D eigenvalue weighted by Gasteiger charge is 2.17. The second kappa shape index (κ2) is 9.21. The molecule has 2 aromatic carbocycles. The Hall–Kier alpha value is -3.69. The van der Waals surface area contributed by atoms with Crippen LogP contribution in [0.2, 0.25) is 0 Å². The van der Waals surface area contributed by atoms with E-state index in [1.165, 1.54) is 25.6 Å². The molecule has 1 amide bonds. The first kappa shape index (κ1) is 21.5. The first-order chi connectivity index (χ1) is 15.5. The van der Waals surface area contributed by atoms with E-state index in [0.717, 1.165) is 15.8 Å². The number of methoxy groups -OCH3 is 2. The number of aromatic nitrogens is 2. The molecular weight excluding hydrogens is 428 g/mol. The van der Waals surface area contributed by atoms with E-state index in [1.54, 1.807) is 30.5 Å². The molecule has 0 atom stereocenters. The molecule has 8 nitrogen and oxygen atoms in total. The van der Waals surface area contributed by atoms with Gasteiger partial charge >= 0.3 is 0 Å². The molecule has 0 aliphatic rings. The molecule has 3 N–H and O–H groups in total. The lowest BCUT2D eigenvalue weighted by molar-refractivity contribution is 0.102. The number of pyridine rings is 1. The summed E-state index contributed by atoms with van der Waals surface area (Å²) in [5, 5.41) is 16.2. The fourth-order valence-electron chi connectivity index (χ4n) is 3.31. The fraction of sp³-hybridized carbons (Fsp3) is 0.174. The van der Waals surface area contributed by atoms with Crippen molar-refractivity contribution in [3.05, 3.63) is 65.4 Å². The number of ether oxygens (including phenoxy) is 2. The number of nitrogens with one attached hydrogen (secondary N) is 2. The van der Waals surface area contributed by atoms with E-state index in [1.807, 2.05) is 25.1 Å². The molecule has 0 aliphatic heterocycles. The van der Waals surface area contributed by atoms with Crippen molar-refractivity contribution < 1.29 is 19.4 Å². The molecule has 2 aromatic heterocycles. The highest BCUT2D eigenvalue weighted by Crippen LogP contribution is 2.36. The summed E-state index contributed by atoms with van der Waals surface area (Å²) in [5.41, 5.74) is 3.46. The number of aliphatic hydroxyl groups excluding tert-OH is 1. The molecule has 4 rings (SSSR count). The van der Waals surface area contributed by atoms with E-state index in [0.29, 0.717) is 39.3 Å². The second-order valence-corrected chi connectivity index (χ2v) is 8.03. The Labute approximate surface area is 188 Å². The minimum Gasteiger partial charge on any atom is -0.493 e. The van der Waals surface area contributed by atoms with Crippen molar-refractivity contribution in [2.75, 3.05) is 24.9 Å². The summed E-state index contributed by atoms with van der Waals surface area (Å²) in [7, 11) is 3.02. The van der Waals surface area contributed by atoms with Crippen molar-refractivity contribution in [1.29, 1.82) is 0 Å². The molecule has 2 heterocycles. The van der Waals surface area contributed by atoms with Gasteiger partial charge in [0.05, 0.1) is 36.6 Å². The van der Waals surface area contributed by atoms with E-state index < -0.39 is 0 Å². The summed E-state index contributed by atoms with van der Waals surface area (Å²) < 4.78 is 11.7. The lowest BCUT2D eigenvalue weighted by Crippen LogP contribution is -2.14. The number of aryl methyl sites for hydroxylation is 1. The van der Waals surface area contributed by atoms with Gasteiger partial charge in [0, 0.05) is 23.5 Å². The minimum absolute atomic E-state index is 0.234. The largest absolute Gasteiger partial charge is 0.493 e. The molecule has 9 heteroatoms. The number of aliphatic hydroxyl groups is 1. The lowest BCUT2D eigenvalue weighted by Gasteiger charge is -2.15. The Balaban J connectivity index is 1.62. The van der Waals surface area contributed by atoms with Gasteiger partial charge in [-0.3, -0.25) is 10.1 Å². The summed E-state index contributed by atoms with van der Waals surface area (Å²) in [6.07, 6.45) is 1.59. The first-order valence-corrected chi connectivity index (χ1v) is 10.6. The van der Waals surface area contributed by atoms with Gasteiger partial charge in [-0.1, -0.05) is 17.4 Å². The van der Waals surface area contributed by atoms with Crippen molar-refractivity contribution in [3.8, 4) is 11.5 Å². The van der Waals surface area contributed by atoms with Crippen LogP contribution in [0.4, 0.5) is 16.6 Å². The molecule has 164 valence electrons. The van der Waals surface area contributed by atoms with E-state index in [-0.39, 0.29) is 12.5 Å². The Morgan fingerprint density at radius 1 is 1.16 bits per heavy atom. The number of fused-ring (bicyclic) bond motifs is 1. The lowest BCUT2D eigenvalue weighted by atomic mass is 10.1. The normalized spacial score (nSPS) is 10.8. The maximum Gasteiger partial charge on any atom is 0.261 e. The van der Waals surface area contributed by atoms with Crippen molar-refractivity contribution in [1.82, 2.24) is 9.97 Å². The third kappa shape index (κ3) is 4.34. The number of carbonyl (C=O) groups is 1. The number of benzene rings is 2. The van der Waals surface area contributed by atoms with E-state index in [9.17, 15) is 9.90 Å². The molecule has 32 heavy (non-hydrogen) atoms. The fourth-order valence-corrected chi connectivity index (χ4v) is 4.27. The number of hydrogen-bond acceptors (Lipinski definition) is 8. The number of nitrogens with zero attached hydrogens (tertiary/aromatic N) is 2. The van der Waals surface area contributed by atoms with Crippen molar-refractivity contribution in [3.63, 3.8) is 0 Å². The summed E-state index contributed by atoms with van der Waals surface area (Å²) in [6, 6.07) is 12.8. The molecule has 0 saturated carbocycles. The number of thiazole rings is 1. The van der Waals surface area contributed by atoms with E-state index in [4.69, 9.17) is 9.47 Å². The molecule has 0 fully saturated rings. The molecule has 0 bridgehead atoms. The number of rotatable bonds is 7. The van der Waals surface area contributed by atoms with Crippen LogP contribution >= 0.6 is 11.3 Å². The van der Waals surface area contributed by atoms with Gasteiger partial charge in [0.1, 0.15) is 5.82 Å². The Kier molecular flexibility index (Phi) is 6.20. The van der Waals surface area contributed by atoms with Crippen LogP contribution in [0.25, 0.3) is 10.2 Å². The predicted molar refractivity (Wildman–Crippen MR) is 125 cm³/mol. The van der Waals surface area contributed by atoms with Crippen LogP contribution in [-0.4, -0.2) is 35.2 Å². The van der Waals surface area contributed by atoms with Crippen LogP contribution in [0.5, 0.6) is 11.5 Å². The summed E-state index contributed by atoms with van der Waals surface area (Å²) in [4.78, 5) is 21.8. The van der Waals surface area contributed by atoms with Crippen LogP contribution in [0, 0.1) is 6.92 Å². The second-order valence-electron chi connectivity index (χ2n) is 7.00. The summed E-state index contributed by atoms with van der Waals surface area (Å²) >= 11 is 1.42. The molecule has 0 unspecified atom stereocenters. The smallest absolute Gasteiger partial charge is 0.261 e. The average molecular weight is 451 g/mol. The number of hydrogen-bond donors (Lipinski definition) is 3. The van der Waals surface area contributed by atoms with Crippen molar-refractivity contribution in [2.24, 2.45) is 0 Å². The zero-order valence-electron chi connectivity index (χ0n) is 17.8. The van der Waals surface area contributed by atoms with Gasteiger partial charge in [-0.05, 0) is 42.8 Å². The standard InChI is InChI=1S/C23H22N4O4S/c1-13-6-7-17-19(9-13)32-23(26-17)27-22(29)16-5-4-8-24-21(16)25-15-10-14(12-28)20(31-3)18(11-15)30-2/h4-11,28H,12H2,1-3H3,(H,24,25)(H,26,27,29). The van der Waals surface area contributed by atoms with Crippen LogP contribution in [0.1, 0.15) is 21.5 Å². The first-order valence-electron chi connectivity index (χ1n) is 9.78. The third-order valence-corrected chi connectivity index (χ3v) is 5.74. The van der Waals surface area contributed by atoms with Gasteiger partial charge in [-0.2, -0.15) is 0 Å². The van der Waals surface area contributed by atoms with Gasteiger partial charge in [-0.25, -0.2) is 9.97 Å². The van der Waals surface area contributed by atoms with E-state index >= 15 is 0 Å². The zero-order chi connectivity index (χ0) is 22.7. The van der Waals surface area contributed by atoms with Crippen molar-refractivity contribution >= 4 is 44.1 Å². The monoisotopic (exact) mass is 450 g/mol. The Morgan fingerprint density at radius 3 is 2.75 bits per heavy atom. The molecular formula is C23H22N4O4S. The molecule has 0 aliphatic carbocycles. The number of carbonyl (C=O) groups excluding carboxylic acids is 1. The van der Waals surface area contributed by atoms with Crippen molar-refractivity contribution in [2.45, 2.75) is 13.5 Å². The predicted octanol–water partition coefficient (Wildman–Crippen LogP) is 4.51. The molecule has 0 spiro atoms. The topological polar surface area (TPSA) is 106 Å². The molecule has 0 saturated heterocycles. The maximum absolute atomic E-state index is 13.0. The SMILES string of the molecule is COc1cc(Nc2ncccc2C(=O)Nc2nc3ccc(C)cc3s2)cc(CO)c1OC. The minimum atomic E-state index is -0.334. The van der Waals surface area contributed by atoms with Gasteiger partial charge in [0.25, 0.3) is 5.91 Å². The van der Waals surface area contributed by atoms with Gasteiger partial charge < -0.3 is 19.9 Å². The van der Waals surface area contributed by atoms with E-state index in [2.05, 4.69) is 20.6 Å². The zero-order valence-corrected chi connectivity index (χ0v) is 18.6. The molecule has 0 radical (unpaired) electrons. The summed E-state index contributed by atoms with van der Waals surface area (Å²) in [5.74, 6) is 0.927. The van der Waals surface area contributed by atoms with Crippen LogP contribution in [0.15, 0.2) is 48.7 Å². The Morgan fingerprint density at radius 2 is 2.00 bits per heavy atom. The van der Waals surface area contributed by atoms with Gasteiger partial charge in [-0.15, -0.1) is 0 Å². The number of amides is 1. The number of anilines is 3. The average Bonchev–Trinajstić information content (AvgIpc) is 3.19. The molecule has 4 aromatic rings. The van der Waals surface area contributed by atoms with Gasteiger partial charge in [0.2, 0.25) is 0 Å². The van der Waals surface area contributed by atoms with Crippen LogP contribution in [-0.2, 0) is 6.61 Å². The van der Waals surface area contributed by atoms with Crippen LogP contribution < -0.4 is 20.1 Å². The summed E-state index contributed by atoms with van der Waals surface area (Å²) in [6.45, 7) is 1.78. The van der Waals surface area contributed by atoms with Crippen LogP contribution in [0.3, 0.4) is 0 Å². The highest BCUT2D eigenvalue weighted by molar-refractivity contribution is 7.22. The Bertz CT molecular complexity index is 1260. The quantitative estimate of drug-likeness (QED) is 0.380. The maximum atomic E-state index is 13.0. The highest BCUT2D eigenvalue weighted by atomic mass is 32.1. The third-order valence-electron chi connectivity index (χ3n) is 4.81.